The Hall–Kier alpha value is -1.42. The first-order valence-electron chi connectivity index (χ1n) is 7.82. The Labute approximate surface area is 149 Å². The highest BCUT2D eigenvalue weighted by Crippen LogP contribution is 2.39. The number of ether oxygens (including phenoxy) is 4. The molecule has 0 unspecified atom stereocenters. The highest BCUT2D eigenvalue weighted by Gasteiger charge is 2.58. The molecule has 138 valence electrons. The van der Waals surface area contributed by atoms with Gasteiger partial charge in [-0.2, -0.15) is 0 Å². The molecule has 2 saturated heterocycles. The maximum atomic E-state index is 12.2. The Balaban J connectivity index is 1.70. The lowest BCUT2D eigenvalue weighted by molar-refractivity contribution is -0.227. The number of fused-ring (bicyclic) bond motifs is 1. The quantitative estimate of drug-likeness (QED) is 0.734. The Morgan fingerprint density at radius 1 is 1.36 bits per heavy atom. The molecule has 2 aliphatic rings. The van der Waals surface area contributed by atoms with E-state index in [0.29, 0.717) is 10.7 Å². The molecule has 8 nitrogen and oxygen atoms in total. The third-order valence-corrected chi connectivity index (χ3v) is 4.18. The number of anilines is 1. The van der Waals surface area contributed by atoms with Gasteiger partial charge in [0.05, 0.1) is 6.61 Å². The minimum Gasteiger partial charge on any atom is -0.440 e. The van der Waals surface area contributed by atoms with Gasteiger partial charge in [-0.25, -0.2) is 4.79 Å². The molecule has 0 bridgehead atoms. The van der Waals surface area contributed by atoms with Crippen molar-refractivity contribution in [1.82, 2.24) is 0 Å². The van der Waals surface area contributed by atoms with Gasteiger partial charge in [0.15, 0.2) is 24.3 Å². The molecule has 3 N–H and O–H groups in total. The summed E-state index contributed by atoms with van der Waals surface area (Å²) in [5, 5.41) is 22.2. The van der Waals surface area contributed by atoms with Gasteiger partial charge in [0.1, 0.15) is 12.2 Å². The molecule has 1 aromatic carbocycles. The summed E-state index contributed by atoms with van der Waals surface area (Å²) in [7, 11) is 0. The fourth-order valence-electron chi connectivity index (χ4n) is 2.86. The van der Waals surface area contributed by atoms with Crippen LogP contribution in [0.15, 0.2) is 24.3 Å². The SMILES string of the molecule is CC1(C)O[C@H]2O[C@H]([C@H](O)CO)[C@@H](OC(=O)Nc3ccc(Cl)cc3)[C@H]2O1. The van der Waals surface area contributed by atoms with E-state index in [2.05, 4.69) is 5.32 Å². The van der Waals surface area contributed by atoms with E-state index in [1.54, 1.807) is 38.1 Å². The Morgan fingerprint density at radius 3 is 2.68 bits per heavy atom. The number of benzene rings is 1. The van der Waals surface area contributed by atoms with Crippen molar-refractivity contribution in [2.75, 3.05) is 11.9 Å². The van der Waals surface area contributed by atoms with Crippen molar-refractivity contribution in [3.63, 3.8) is 0 Å². The second kappa shape index (κ2) is 7.06. The minimum atomic E-state index is -1.24. The summed E-state index contributed by atoms with van der Waals surface area (Å²) in [5.41, 5.74) is 0.494. The summed E-state index contributed by atoms with van der Waals surface area (Å²) in [4.78, 5) is 12.2. The van der Waals surface area contributed by atoms with Crippen LogP contribution < -0.4 is 5.32 Å². The van der Waals surface area contributed by atoms with Crippen LogP contribution in [0.4, 0.5) is 10.5 Å². The molecule has 1 aromatic rings. The molecule has 1 amide bonds. The van der Waals surface area contributed by atoms with E-state index < -0.39 is 49.2 Å². The second-order valence-corrected chi connectivity index (χ2v) is 6.76. The molecule has 0 spiro atoms. The first-order chi connectivity index (χ1) is 11.8. The lowest BCUT2D eigenvalue weighted by Crippen LogP contribution is -2.45. The summed E-state index contributed by atoms with van der Waals surface area (Å²) in [6, 6.07) is 6.49. The highest BCUT2D eigenvalue weighted by atomic mass is 35.5. The van der Waals surface area contributed by atoms with Gasteiger partial charge in [0, 0.05) is 10.7 Å². The van der Waals surface area contributed by atoms with Crippen molar-refractivity contribution in [2.45, 2.75) is 50.3 Å². The fourth-order valence-corrected chi connectivity index (χ4v) is 2.98. The summed E-state index contributed by atoms with van der Waals surface area (Å²) in [5.74, 6) is -0.904. The molecule has 0 saturated carbocycles. The van der Waals surface area contributed by atoms with Crippen LogP contribution in [0.25, 0.3) is 0 Å². The van der Waals surface area contributed by atoms with Gasteiger partial charge >= 0.3 is 6.09 Å². The molecular formula is C16H20ClNO7. The van der Waals surface area contributed by atoms with Gasteiger partial charge in [-0.3, -0.25) is 5.32 Å². The van der Waals surface area contributed by atoms with Crippen LogP contribution in [0.3, 0.4) is 0 Å². The maximum absolute atomic E-state index is 12.2. The molecular weight excluding hydrogens is 354 g/mol. The lowest BCUT2D eigenvalue weighted by Gasteiger charge is -2.27. The number of carbonyl (C=O) groups excluding carboxylic acids is 1. The van der Waals surface area contributed by atoms with Crippen LogP contribution >= 0.6 is 11.6 Å². The van der Waals surface area contributed by atoms with Gasteiger partial charge < -0.3 is 29.2 Å². The average Bonchev–Trinajstić information content (AvgIpc) is 3.02. The summed E-state index contributed by atoms with van der Waals surface area (Å²) in [6.07, 6.45) is -5.41. The summed E-state index contributed by atoms with van der Waals surface area (Å²) >= 11 is 5.80. The third kappa shape index (κ3) is 4.05. The van der Waals surface area contributed by atoms with Crippen LogP contribution in [0.1, 0.15) is 13.8 Å². The Kier molecular flexibility index (Phi) is 5.19. The molecule has 2 aliphatic heterocycles. The van der Waals surface area contributed by atoms with Crippen molar-refractivity contribution in [3.8, 4) is 0 Å². The van der Waals surface area contributed by atoms with Crippen molar-refractivity contribution in [1.29, 1.82) is 0 Å². The topological polar surface area (TPSA) is 106 Å². The van der Waals surface area contributed by atoms with Gasteiger partial charge in [-0.15, -0.1) is 0 Å². The third-order valence-electron chi connectivity index (χ3n) is 3.93. The zero-order valence-electron chi connectivity index (χ0n) is 13.7. The number of hydrogen-bond acceptors (Lipinski definition) is 7. The fraction of sp³-hybridized carbons (Fsp3) is 0.562. The molecule has 2 heterocycles. The molecule has 0 aliphatic carbocycles. The standard InChI is InChI=1S/C16H20ClNO7/c1-16(2)24-13-12(11(10(20)7-19)22-14(13)25-16)23-15(21)18-9-5-3-8(17)4-6-9/h3-6,10-14,19-20H,7H2,1-2H3,(H,18,21)/t10-,11-,12-,13-,14-/m1/s1. The molecule has 5 atom stereocenters. The zero-order valence-corrected chi connectivity index (χ0v) is 14.5. The van der Waals surface area contributed by atoms with E-state index in [-0.39, 0.29) is 0 Å². The Morgan fingerprint density at radius 2 is 2.04 bits per heavy atom. The van der Waals surface area contributed by atoms with E-state index in [0.717, 1.165) is 0 Å². The molecule has 2 fully saturated rings. The van der Waals surface area contributed by atoms with Crippen LogP contribution in [-0.2, 0) is 18.9 Å². The van der Waals surface area contributed by atoms with Crippen LogP contribution in [0, 0.1) is 0 Å². The second-order valence-electron chi connectivity index (χ2n) is 6.32. The lowest BCUT2D eigenvalue weighted by atomic mass is 10.1. The van der Waals surface area contributed by atoms with Crippen LogP contribution in [-0.4, -0.2) is 59.4 Å². The van der Waals surface area contributed by atoms with Crippen molar-refractivity contribution in [2.24, 2.45) is 0 Å². The summed E-state index contributed by atoms with van der Waals surface area (Å²) < 4.78 is 22.3. The van der Waals surface area contributed by atoms with E-state index in [4.69, 9.17) is 30.5 Å². The van der Waals surface area contributed by atoms with Crippen molar-refractivity contribution >= 4 is 23.4 Å². The van der Waals surface area contributed by atoms with E-state index in [1.807, 2.05) is 0 Å². The van der Waals surface area contributed by atoms with E-state index >= 15 is 0 Å². The van der Waals surface area contributed by atoms with E-state index in [1.165, 1.54) is 0 Å². The monoisotopic (exact) mass is 373 g/mol. The number of hydrogen-bond donors (Lipinski definition) is 3. The number of aliphatic hydroxyl groups is 2. The van der Waals surface area contributed by atoms with Gasteiger partial charge in [-0.1, -0.05) is 11.6 Å². The molecule has 0 radical (unpaired) electrons. The van der Waals surface area contributed by atoms with Gasteiger partial charge in [-0.05, 0) is 38.1 Å². The van der Waals surface area contributed by atoms with Gasteiger partial charge in [0.2, 0.25) is 0 Å². The number of rotatable bonds is 4. The summed E-state index contributed by atoms with van der Waals surface area (Å²) in [6.45, 7) is 2.86. The predicted molar refractivity (Wildman–Crippen MR) is 87.1 cm³/mol. The van der Waals surface area contributed by atoms with E-state index in [9.17, 15) is 15.0 Å². The smallest absolute Gasteiger partial charge is 0.412 e. The van der Waals surface area contributed by atoms with Crippen molar-refractivity contribution in [3.05, 3.63) is 29.3 Å². The first kappa shape index (κ1) is 18.4. The molecule has 25 heavy (non-hydrogen) atoms. The highest BCUT2D eigenvalue weighted by molar-refractivity contribution is 6.30. The average molecular weight is 374 g/mol. The number of carbonyl (C=O) groups is 1. The molecule has 9 heteroatoms. The van der Waals surface area contributed by atoms with Crippen LogP contribution in [0.5, 0.6) is 0 Å². The number of amides is 1. The number of halogens is 1. The Bertz CT molecular complexity index is 623. The molecule has 3 rings (SSSR count). The first-order valence-corrected chi connectivity index (χ1v) is 8.20. The predicted octanol–water partition coefficient (Wildman–Crippen LogP) is 1.49. The maximum Gasteiger partial charge on any atom is 0.412 e. The van der Waals surface area contributed by atoms with Gasteiger partial charge in [0.25, 0.3) is 0 Å². The largest absolute Gasteiger partial charge is 0.440 e. The minimum absolute atomic E-state index is 0.494. The number of nitrogens with one attached hydrogen (secondary N) is 1. The van der Waals surface area contributed by atoms with Crippen molar-refractivity contribution < 1.29 is 34.0 Å². The zero-order chi connectivity index (χ0) is 18.2. The molecule has 0 aromatic heterocycles. The van der Waals surface area contributed by atoms with Crippen LogP contribution in [0.2, 0.25) is 5.02 Å². The normalized spacial score (nSPS) is 31.4. The number of aliphatic hydroxyl groups excluding tert-OH is 2.